The van der Waals surface area contributed by atoms with Crippen molar-refractivity contribution < 1.29 is 9.90 Å². The number of carbonyl (C=O) groups excluding carboxylic acids is 1. The zero-order chi connectivity index (χ0) is 22.4. The van der Waals surface area contributed by atoms with Crippen molar-refractivity contribution in [1.29, 1.82) is 0 Å². The van der Waals surface area contributed by atoms with E-state index in [0.29, 0.717) is 40.8 Å². The van der Waals surface area contributed by atoms with E-state index in [1.807, 2.05) is 0 Å². The molecule has 2 saturated heterocycles. The number of aliphatic hydroxyl groups excluding tert-OH is 1. The van der Waals surface area contributed by atoms with Gasteiger partial charge in [0.25, 0.3) is 0 Å². The number of piperidine rings is 1. The summed E-state index contributed by atoms with van der Waals surface area (Å²) >= 11 is 0. The lowest BCUT2D eigenvalue weighted by molar-refractivity contribution is -0.123. The van der Waals surface area contributed by atoms with E-state index in [0.717, 1.165) is 42.4 Å². The molecule has 0 aromatic carbocycles. The summed E-state index contributed by atoms with van der Waals surface area (Å²) in [5.41, 5.74) is 0.942. The average Bonchev–Trinajstić information content (AvgIpc) is 3.21. The predicted molar refractivity (Wildman–Crippen MR) is 127 cm³/mol. The zero-order valence-corrected chi connectivity index (χ0v) is 20.8. The van der Waals surface area contributed by atoms with Crippen molar-refractivity contribution in [3.05, 3.63) is 0 Å². The highest BCUT2D eigenvalue weighted by Gasteiger charge is 2.67. The minimum Gasteiger partial charge on any atom is -0.391 e. The lowest BCUT2D eigenvalue weighted by atomic mass is 9.44. The molecule has 0 bridgehead atoms. The fourth-order valence-electron chi connectivity index (χ4n) is 11.4. The summed E-state index contributed by atoms with van der Waals surface area (Å²) in [6, 6.07) is 1.52. The molecule has 0 aromatic rings. The Morgan fingerprint density at radius 3 is 2.53 bits per heavy atom. The van der Waals surface area contributed by atoms with Gasteiger partial charge in [-0.25, -0.2) is 0 Å². The highest BCUT2D eigenvalue weighted by atomic mass is 16.3. The van der Waals surface area contributed by atoms with Crippen molar-refractivity contribution in [3.63, 3.8) is 0 Å². The van der Waals surface area contributed by atoms with Crippen LogP contribution in [0.5, 0.6) is 0 Å². The van der Waals surface area contributed by atoms with Crippen LogP contribution in [0.1, 0.15) is 85.5 Å². The minimum absolute atomic E-state index is 0.123. The lowest BCUT2D eigenvalue weighted by Crippen LogP contribution is -2.56. The summed E-state index contributed by atoms with van der Waals surface area (Å²) in [6.45, 7) is 11.3. The third-order valence-electron chi connectivity index (χ3n) is 12.6. The van der Waals surface area contributed by atoms with E-state index < -0.39 is 0 Å². The van der Waals surface area contributed by atoms with Crippen LogP contribution >= 0.6 is 0 Å². The maximum atomic E-state index is 11.0. The number of rotatable bonds is 2. The van der Waals surface area contributed by atoms with E-state index in [-0.39, 0.29) is 6.10 Å². The van der Waals surface area contributed by atoms with E-state index in [1.54, 1.807) is 0 Å². The van der Waals surface area contributed by atoms with Crippen LogP contribution in [0.25, 0.3) is 0 Å². The van der Waals surface area contributed by atoms with Gasteiger partial charge in [-0.15, -0.1) is 0 Å². The van der Waals surface area contributed by atoms with E-state index in [9.17, 15) is 9.90 Å². The second-order valence-electron chi connectivity index (χ2n) is 13.7. The monoisotopic (exact) mass is 442 g/mol. The van der Waals surface area contributed by atoms with Crippen molar-refractivity contribution in [3.8, 4) is 0 Å². The molecule has 4 heteroatoms. The van der Waals surface area contributed by atoms with E-state index in [4.69, 9.17) is 0 Å². The molecule has 2 aliphatic heterocycles. The number of carbonyl (C=O) groups is 1. The van der Waals surface area contributed by atoms with Gasteiger partial charge in [0.1, 0.15) is 0 Å². The Hall–Kier alpha value is -0.610. The van der Waals surface area contributed by atoms with Gasteiger partial charge in [0.05, 0.1) is 6.10 Å². The molecular formula is C28H46N2O2. The molecule has 0 spiro atoms. The van der Waals surface area contributed by atoms with Crippen molar-refractivity contribution in [1.82, 2.24) is 10.2 Å². The van der Waals surface area contributed by atoms with Crippen LogP contribution in [0, 0.1) is 52.3 Å². The molecule has 0 radical (unpaired) electrons. The number of hydrogen-bond donors (Lipinski definition) is 2. The molecule has 6 fully saturated rings. The van der Waals surface area contributed by atoms with Crippen molar-refractivity contribution in [2.45, 2.75) is 110 Å². The van der Waals surface area contributed by atoms with Gasteiger partial charge in [-0.2, -0.15) is 0 Å². The largest absolute Gasteiger partial charge is 0.391 e. The fraction of sp³-hybridized carbons (Fsp3) is 0.964. The Morgan fingerprint density at radius 1 is 0.969 bits per heavy atom. The number of amides is 1. The van der Waals surface area contributed by atoms with Crippen molar-refractivity contribution in [2.24, 2.45) is 52.3 Å². The van der Waals surface area contributed by atoms with E-state index >= 15 is 0 Å². The fourth-order valence-corrected chi connectivity index (χ4v) is 11.4. The molecule has 13 atom stereocenters. The molecule has 0 aromatic heterocycles. The minimum atomic E-state index is -0.123. The molecule has 4 saturated carbocycles. The van der Waals surface area contributed by atoms with Gasteiger partial charge in [-0.05, 0) is 110 Å². The Balaban J connectivity index is 1.26. The first kappa shape index (κ1) is 21.9. The predicted octanol–water partition coefficient (Wildman–Crippen LogP) is 4.46. The molecule has 1 amide bonds. The van der Waals surface area contributed by atoms with Crippen LogP contribution < -0.4 is 5.32 Å². The Labute approximate surface area is 195 Å². The summed E-state index contributed by atoms with van der Waals surface area (Å²) in [7, 11) is 0. The Morgan fingerprint density at radius 2 is 1.75 bits per heavy atom. The highest BCUT2D eigenvalue weighted by molar-refractivity contribution is 5.46. The van der Waals surface area contributed by atoms with Crippen LogP contribution in [0.2, 0.25) is 0 Å². The van der Waals surface area contributed by atoms with E-state index in [2.05, 4.69) is 37.9 Å². The third kappa shape index (κ3) is 2.84. The quantitative estimate of drug-likeness (QED) is 0.621. The second kappa shape index (κ2) is 7.44. The molecule has 32 heavy (non-hydrogen) atoms. The summed E-state index contributed by atoms with van der Waals surface area (Å²) in [6.07, 6.45) is 12.5. The maximum Gasteiger partial charge on any atom is 0.207 e. The van der Waals surface area contributed by atoms with Crippen molar-refractivity contribution in [2.75, 3.05) is 6.54 Å². The van der Waals surface area contributed by atoms with Gasteiger partial charge in [-0.3, -0.25) is 9.69 Å². The van der Waals surface area contributed by atoms with Crippen LogP contribution in [-0.2, 0) is 4.79 Å². The molecule has 180 valence electrons. The molecular weight excluding hydrogens is 396 g/mol. The first-order chi connectivity index (χ1) is 15.3. The summed E-state index contributed by atoms with van der Waals surface area (Å²) < 4.78 is 0. The number of hydrogen-bond acceptors (Lipinski definition) is 3. The van der Waals surface area contributed by atoms with Gasteiger partial charge < -0.3 is 10.4 Å². The van der Waals surface area contributed by atoms with Crippen LogP contribution in [0.4, 0.5) is 0 Å². The number of fused-ring (bicyclic) bond motifs is 9. The standard InChI is InChI=1S/C28H46N2O2/c1-16-11-24(32)26-17(2)25-23(30(26)14-16)13-22-20-6-5-18-12-19(29-15-31)7-9-27(18,3)21(20)8-10-28(22,25)4/h15-26,32H,5-14H2,1-4H3,(H,29,31)/t16-,17-,18-,19+,20+,21-,22-,23-,24-,25-,26-,27-,28-/m0/s1. The first-order valence-corrected chi connectivity index (χ1v) is 13.9. The van der Waals surface area contributed by atoms with Gasteiger partial charge in [-0.1, -0.05) is 27.7 Å². The number of nitrogens with zero attached hydrogens (tertiary/aromatic N) is 1. The molecule has 6 aliphatic rings. The van der Waals surface area contributed by atoms with Crippen LogP contribution in [0.3, 0.4) is 0 Å². The van der Waals surface area contributed by atoms with Crippen molar-refractivity contribution >= 4 is 6.41 Å². The molecule has 4 nitrogen and oxygen atoms in total. The Bertz CT molecular complexity index is 758. The Kier molecular flexibility index (Phi) is 5.09. The molecule has 2 heterocycles. The van der Waals surface area contributed by atoms with Crippen LogP contribution in [0.15, 0.2) is 0 Å². The first-order valence-electron chi connectivity index (χ1n) is 13.9. The van der Waals surface area contributed by atoms with Gasteiger partial charge in [0.2, 0.25) is 6.41 Å². The third-order valence-corrected chi connectivity index (χ3v) is 12.6. The second-order valence-corrected chi connectivity index (χ2v) is 13.7. The highest BCUT2D eigenvalue weighted by Crippen LogP contribution is 2.70. The summed E-state index contributed by atoms with van der Waals surface area (Å²) in [4.78, 5) is 13.8. The average molecular weight is 443 g/mol. The molecule has 4 aliphatic carbocycles. The van der Waals surface area contributed by atoms with Gasteiger partial charge in [0.15, 0.2) is 0 Å². The van der Waals surface area contributed by atoms with E-state index in [1.165, 1.54) is 57.9 Å². The maximum absolute atomic E-state index is 11.0. The summed E-state index contributed by atoms with van der Waals surface area (Å²) in [5, 5.41) is 14.1. The molecule has 0 unspecified atom stereocenters. The smallest absolute Gasteiger partial charge is 0.207 e. The lowest BCUT2D eigenvalue weighted by Gasteiger charge is -2.61. The van der Waals surface area contributed by atoms with Gasteiger partial charge >= 0.3 is 0 Å². The normalized spacial score (nSPS) is 59.3. The summed E-state index contributed by atoms with van der Waals surface area (Å²) in [5.74, 6) is 5.47. The number of nitrogens with one attached hydrogen (secondary N) is 1. The topological polar surface area (TPSA) is 52.6 Å². The SMILES string of the molecule is C[C@H]1C[C@H](O)[C@@H]2[C@@H](C)[C@H]3[C@H](C[C@H]4[C@@H]5CC[C@H]6C[C@H](NC=O)CC[C@]6(C)[C@H]5CC[C@]34C)N2C1. The van der Waals surface area contributed by atoms with Crippen LogP contribution in [-0.4, -0.2) is 47.2 Å². The zero-order valence-electron chi connectivity index (χ0n) is 20.8. The molecule has 2 N–H and O–H groups in total. The number of aliphatic hydroxyl groups is 1. The molecule has 6 rings (SSSR count). The van der Waals surface area contributed by atoms with Gasteiger partial charge in [0, 0.05) is 24.7 Å².